The summed E-state index contributed by atoms with van der Waals surface area (Å²) in [5.74, 6) is 0. The van der Waals surface area contributed by atoms with E-state index in [1.807, 2.05) is 0 Å². The third kappa shape index (κ3) is 4.02. The van der Waals surface area contributed by atoms with Crippen molar-refractivity contribution in [3.63, 3.8) is 0 Å². The van der Waals surface area contributed by atoms with Crippen LogP contribution in [0.3, 0.4) is 0 Å². The minimum absolute atomic E-state index is 0.831. The Labute approximate surface area is 254 Å². The van der Waals surface area contributed by atoms with Crippen LogP contribution in [0.1, 0.15) is 0 Å². The molecule has 3 heteroatoms. The summed E-state index contributed by atoms with van der Waals surface area (Å²) >= 11 is 0. The van der Waals surface area contributed by atoms with Crippen molar-refractivity contribution in [1.29, 1.82) is 0 Å². The van der Waals surface area contributed by atoms with Gasteiger partial charge in [-0.1, -0.05) is 121 Å². The molecule has 0 bridgehead atoms. The normalized spacial score (nSPS) is 11.6. The van der Waals surface area contributed by atoms with Gasteiger partial charge in [-0.2, -0.15) is 0 Å². The van der Waals surface area contributed by atoms with Crippen LogP contribution in [0.2, 0.25) is 0 Å². The molecule has 9 aromatic rings. The van der Waals surface area contributed by atoms with Crippen LogP contribution < -0.4 is 0 Å². The lowest BCUT2D eigenvalue weighted by molar-refractivity contribution is 1.31. The smallest absolute Gasteiger partial charge is 0.0973 e. The third-order valence-corrected chi connectivity index (χ3v) is 8.59. The van der Waals surface area contributed by atoms with Gasteiger partial charge in [0.05, 0.1) is 33.6 Å². The highest BCUT2D eigenvalue weighted by Crippen LogP contribution is 2.37. The van der Waals surface area contributed by atoms with Gasteiger partial charge in [0, 0.05) is 27.3 Å². The number of hydrogen-bond donors (Lipinski definition) is 0. The standard InChI is InChI=1S/C41H25N3/c1-2-9-27(10-3-1)38-34-13-7-6-12-31(34)25-33-20-23-36(43-39(33)38)37-22-19-29-16-15-28-18-21-35(42-40(28)41(29)44-37)32-17-14-26-8-4-5-11-30(26)24-32/h1-25H. The van der Waals surface area contributed by atoms with Crippen molar-refractivity contribution in [2.24, 2.45) is 0 Å². The zero-order valence-electron chi connectivity index (χ0n) is 23.8. The molecule has 0 unspecified atom stereocenters. The average molecular weight is 560 g/mol. The maximum atomic E-state index is 5.27. The molecular formula is C41H25N3. The molecule has 3 aromatic heterocycles. The van der Waals surface area contributed by atoms with Gasteiger partial charge in [-0.05, 0) is 57.4 Å². The van der Waals surface area contributed by atoms with Crippen LogP contribution in [-0.4, -0.2) is 15.0 Å². The predicted molar refractivity (Wildman–Crippen MR) is 184 cm³/mol. The Kier molecular flexibility index (Phi) is 5.50. The van der Waals surface area contributed by atoms with Crippen molar-refractivity contribution in [1.82, 2.24) is 15.0 Å². The van der Waals surface area contributed by atoms with Crippen molar-refractivity contribution in [3.05, 3.63) is 152 Å². The summed E-state index contributed by atoms with van der Waals surface area (Å²) in [4.78, 5) is 15.6. The zero-order chi connectivity index (χ0) is 29.0. The summed E-state index contributed by atoms with van der Waals surface area (Å²) in [7, 11) is 0. The van der Waals surface area contributed by atoms with E-state index in [1.54, 1.807) is 0 Å². The second-order valence-electron chi connectivity index (χ2n) is 11.3. The fourth-order valence-electron chi connectivity index (χ4n) is 6.39. The minimum atomic E-state index is 0.831. The molecule has 0 aliphatic heterocycles. The summed E-state index contributed by atoms with van der Waals surface area (Å²) in [5.41, 5.74) is 8.76. The monoisotopic (exact) mass is 559 g/mol. The van der Waals surface area contributed by atoms with Gasteiger partial charge < -0.3 is 0 Å². The van der Waals surface area contributed by atoms with Crippen molar-refractivity contribution in [2.75, 3.05) is 0 Å². The number of rotatable bonds is 3. The number of aromatic nitrogens is 3. The molecule has 3 heterocycles. The molecule has 204 valence electrons. The summed E-state index contributed by atoms with van der Waals surface area (Å²) in [5, 5.41) is 8.06. The summed E-state index contributed by atoms with van der Waals surface area (Å²) in [6, 6.07) is 53.2. The maximum absolute atomic E-state index is 5.27. The number of nitrogens with zero attached hydrogens (tertiary/aromatic N) is 3. The van der Waals surface area contributed by atoms with Crippen LogP contribution in [0.5, 0.6) is 0 Å². The molecule has 3 nitrogen and oxygen atoms in total. The van der Waals surface area contributed by atoms with E-state index < -0.39 is 0 Å². The van der Waals surface area contributed by atoms with Gasteiger partial charge in [0.1, 0.15) is 0 Å². The Morgan fingerprint density at radius 1 is 0.295 bits per heavy atom. The van der Waals surface area contributed by atoms with Crippen molar-refractivity contribution in [3.8, 4) is 33.8 Å². The highest BCUT2D eigenvalue weighted by atomic mass is 14.8. The molecule has 0 atom stereocenters. The molecule has 0 aliphatic rings. The first kappa shape index (κ1) is 24.6. The van der Waals surface area contributed by atoms with Crippen LogP contribution in [0.15, 0.2) is 152 Å². The summed E-state index contributed by atoms with van der Waals surface area (Å²) < 4.78 is 0. The fraction of sp³-hybridized carbons (Fsp3) is 0. The molecule has 0 saturated carbocycles. The van der Waals surface area contributed by atoms with Gasteiger partial charge in [-0.25, -0.2) is 15.0 Å². The van der Waals surface area contributed by atoms with Gasteiger partial charge >= 0.3 is 0 Å². The SMILES string of the molecule is c1ccc(-c2c3ccccc3cc3ccc(-c4ccc5ccc6ccc(-c7ccc8ccccc8c7)nc6c5n4)nc23)cc1. The predicted octanol–water partition coefficient (Wildman–Crippen LogP) is 10.6. The highest BCUT2D eigenvalue weighted by molar-refractivity contribution is 6.11. The van der Waals surface area contributed by atoms with Gasteiger partial charge in [-0.15, -0.1) is 0 Å². The number of hydrogen-bond acceptors (Lipinski definition) is 3. The Bertz CT molecular complexity index is 2550. The molecule has 9 rings (SSSR count). The molecule has 0 radical (unpaired) electrons. The first-order valence-corrected chi connectivity index (χ1v) is 14.9. The lowest BCUT2D eigenvalue weighted by Crippen LogP contribution is -1.94. The molecule has 0 spiro atoms. The van der Waals surface area contributed by atoms with Crippen molar-refractivity contribution < 1.29 is 0 Å². The van der Waals surface area contributed by atoms with E-state index in [-0.39, 0.29) is 0 Å². The molecule has 0 fully saturated rings. The molecular weight excluding hydrogens is 534 g/mol. The van der Waals surface area contributed by atoms with Crippen LogP contribution in [0.25, 0.3) is 88.0 Å². The average Bonchev–Trinajstić information content (AvgIpc) is 3.10. The van der Waals surface area contributed by atoms with E-state index >= 15 is 0 Å². The van der Waals surface area contributed by atoms with Crippen LogP contribution in [0.4, 0.5) is 0 Å². The van der Waals surface area contributed by atoms with E-state index in [1.165, 1.54) is 21.5 Å². The largest absolute Gasteiger partial charge is 0.245 e. The lowest BCUT2D eigenvalue weighted by atomic mass is 9.94. The molecule has 0 N–H and O–H groups in total. The first-order chi connectivity index (χ1) is 21.8. The molecule has 44 heavy (non-hydrogen) atoms. The Morgan fingerprint density at radius 2 is 0.841 bits per heavy atom. The van der Waals surface area contributed by atoms with Gasteiger partial charge in [-0.3, -0.25) is 0 Å². The lowest BCUT2D eigenvalue weighted by Gasteiger charge is -2.13. The van der Waals surface area contributed by atoms with Crippen LogP contribution >= 0.6 is 0 Å². The highest BCUT2D eigenvalue weighted by Gasteiger charge is 2.14. The Balaban J connectivity index is 1.23. The quantitative estimate of drug-likeness (QED) is 0.160. The molecule has 0 aliphatic carbocycles. The first-order valence-electron chi connectivity index (χ1n) is 14.9. The fourth-order valence-corrected chi connectivity index (χ4v) is 6.39. The van der Waals surface area contributed by atoms with E-state index in [0.29, 0.717) is 0 Å². The molecule has 0 amide bonds. The second-order valence-corrected chi connectivity index (χ2v) is 11.3. The van der Waals surface area contributed by atoms with Crippen molar-refractivity contribution in [2.45, 2.75) is 0 Å². The number of fused-ring (bicyclic) bond motifs is 6. The van der Waals surface area contributed by atoms with Crippen molar-refractivity contribution >= 4 is 54.3 Å². The van der Waals surface area contributed by atoms with E-state index in [4.69, 9.17) is 15.0 Å². The summed E-state index contributed by atoms with van der Waals surface area (Å²) in [6.07, 6.45) is 0. The third-order valence-electron chi connectivity index (χ3n) is 8.59. The maximum Gasteiger partial charge on any atom is 0.0973 e. The van der Waals surface area contributed by atoms with Gasteiger partial charge in [0.25, 0.3) is 0 Å². The van der Waals surface area contributed by atoms with E-state index in [2.05, 4.69) is 152 Å². The Hall–Kier alpha value is -5.93. The van der Waals surface area contributed by atoms with Crippen LogP contribution in [-0.2, 0) is 0 Å². The second kappa shape index (κ2) is 9.82. The van der Waals surface area contributed by atoms with E-state index in [0.717, 1.165) is 66.5 Å². The topological polar surface area (TPSA) is 38.7 Å². The molecule has 6 aromatic carbocycles. The zero-order valence-corrected chi connectivity index (χ0v) is 23.8. The van der Waals surface area contributed by atoms with Crippen LogP contribution in [0, 0.1) is 0 Å². The van der Waals surface area contributed by atoms with Gasteiger partial charge in [0.2, 0.25) is 0 Å². The molecule has 0 saturated heterocycles. The summed E-state index contributed by atoms with van der Waals surface area (Å²) in [6.45, 7) is 0. The van der Waals surface area contributed by atoms with E-state index in [9.17, 15) is 0 Å². The minimum Gasteiger partial charge on any atom is -0.245 e. The van der Waals surface area contributed by atoms with Gasteiger partial charge in [0.15, 0.2) is 0 Å². The Morgan fingerprint density at radius 3 is 1.61 bits per heavy atom. The number of benzene rings is 6. The number of pyridine rings is 3.